The molecule has 0 bridgehead atoms. The maximum atomic E-state index is 10.5. The smallest absolute Gasteiger partial charge is 0.341 e. The molecule has 136 valence electrons. The molecule has 3 aromatic rings. The molecule has 27 heavy (non-hydrogen) atoms. The van der Waals surface area contributed by atoms with Gasteiger partial charge in [0.2, 0.25) is 0 Å². The van der Waals surface area contributed by atoms with Gasteiger partial charge in [-0.1, -0.05) is 29.8 Å². The molecule has 0 aliphatic heterocycles. The van der Waals surface area contributed by atoms with Crippen molar-refractivity contribution >= 4 is 40.8 Å². The molecule has 0 spiro atoms. The first-order chi connectivity index (χ1) is 13.1. The van der Waals surface area contributed by atoms with Crippen LogP contribution in [0, 0.1) is 0 Å². The van der Waals surface area contributed by atoms with E-state index in [0.29, 0.717) is 10.8 Å². The van der Waals surface area contributed by atoms with E-state index in [1.807, 2.05) is 54.6 Å². The second-order valence-electron chi connectivity index (χ2n) is 5.67. The predicted molar refractivity (Wildman–Crippen MR) is 108 cm³/mol. The highest BCUT2D eigenvalue weighted by molar-refractivity contribution is 6.32. The van der Waals surface area contributed by atoms with Crippen molar-refractivity contribution in [3.63, 3.8) is 0 Å². The molecule has 0 amide bonds. The van der Waals surface area contributed by atoms with E-state index in [4.69, 9.17) is 21.4 Å². The number of nitrogens with zero attached hydrogens (tertiary/aromatic N) is 1. The summed E-state index contributed by atoms with van der Waals surface area (Å²) in [6, 6.07) is 22.7. The fourth-order valence-corrected chi connectivity index (χ4v) is 2.57. The summed E-state index contributed by atoms with van der Waals surface area (Å²) in [4.78, 5) is 15.0. The molecule has 0 radical (unpaired) electrons. The van der Waals surface area contributed by atoms with Gasteiger partial charge in [-0.05, 0) is 60.2 Å². The van der Waals surface area contributed by atoms with Gasteiger partial charge in [0, 0.05) is 17.6 Å². The Morgan fingerprint density at radius 2 is 1.74 bits per heavy atom. The van der Waals surface area contributed by atoms with Crippen molar-refractivity contribution in [3.05, 3.63) is 83.4 Å². The summed E-state index contributed by atoms with van der Waals surface area (Å²) in [5.41, 5.74) is 3.59. The molecule has 0 atom stereocenters. The van der Waals surface area contributed by atoms with Gasteiger partial charge < -0.3 is 15.2 Å². The number of carboxylic acids is 1. The molecular weight excluding hydrogens is 364 g/mol. The third kappa shape index (κ3) is 5.59. The quantitative estimate of drug-likeness (QED) is 0.546. The van der Waals surface area contributed by atoms with Gasteiger partial charge in [-0.2, -0.15) is 0 Å². The van der Waals surface area contributed by atoms with Crippen LogP contribution in [0.5, 0.6) is 5.75 Å². The SMILES string of the molecule is O=C(O)COc1ccc(C=Nc2ccc(Nc3ccccc3)cc2)cc1Cl. The number of anilines is 2. The number of ether oxygens (including phenoxy) is 1. The van der Waals surface area contributed by atoms with E-state index in [1.165, 1.54) is 0 Å². The van der Waals surface area contributed by atoms with Crippen LogP contribution < -0.4 is 10.1 Å². The number of nitrogens with one attached hydrogen (secondary N) is 1. The van der Waals surface area contributed by atoms with Crippen LogP contribution in [0.4, 0.5) is 17.1 Å². The van der Waals surface area contributed by atoms with Crippen LogP contribution >= 0.6 is 11.6 Å². The standard InChI is InChI=1S/C21H17ClN2O3/c22-19-12-15(6-11-20(19)27-14-21(25)26)13-23-16-7-9-18(10-8-16)24-17-4-2-1-3-5-17/h1-13,24H,14H2,(H,25,26). The minimum Gasteiger partial charge on any atom is -0.480 e. The monoisotopic (exact) mass is 380 g/mol. The zero-order chi connectivity index (χ0) is 19.1. The third-order valence-electron chi connectivity index (χ3n) is 3.60. The number of hydrogen-bond acceptors (Lipinski definition) is 4. The molecule has 5 nitrogen and oxygen atoms in total. The van der Waals surface area contributed by atoms with Crippen molar-refractivity contribution in [3.8, 4) is 5.75 Å². The van der Waals surface area contributed by atoms with Crippen molar-refractivity contribution in [2.24, 2.45) is 4.99 Å². The summed E-state index contributed by atoms with van der Waals surface area (Å²) >= 11 is 6.10. The number of rotatable bonds is 7. The number of aliphatic carboxylic acids is 1. The summed E-state index contributed by atoms with van der Waals surface area (Å²) in [7, 11) is 0. The molecule has 0 fully saturated rings. The van der Waals surface area contributed by atoms with Gasteiger partial charge in [0.05, 0.1) is 10.7 Å². The number of hydrogen-bond donors (Lipinski definition) is 2. The zero-order valence-electron chi connectivity index (χ0n) is 14.3. The first-order valence-corrected chi connectivity index (χ1v) is 8.58. The molecule has 0 heterocycles. The highest BCUT2D eigenvalue weighted by Gasteiger charge is 2.05. The Bertz CT molecular complexity index is 941. The third-order valence-corrected chi connectivity index (χ3v) is 3.89. The van der Waals surface area contributed by atoms with Gasteiger partial charge in [0.15, 0.2) is 6.61 Å². The van der Waals surface area contributed by atoms with E-state index in [-0.39, 0.29) is 0 Å². The summed E-state index contributed by atoms with van der Waals surface area (Å²) < 4.78 is 5.10. The lowest BCUT2D eigenvalue weighted by atomic mass is 10.2. The van der Waals surface area contributed by atoms with Crippen LogP contribution in [-0.4, -0.2) is 23.9 Å². The van der Waals surface area contributed by atoms with E-state index in [9.17, 15) is 4.79 Å². The number of halogens is 1. The maximum Gasteiger partial charge on any atom is 0.341 e. The van der Waals surface area contributed by atoms with Crippen molar-refractivity contribution < 1.29 is 14.6 Å². The second-order valence-corrected chi connectivity index (χ2v) is 6.08. The Hall–Kier alpha value is -3.31. The van der Waals surface area contributed by atoms with Crippen LogP contribution in [0.25, 0.3) is 0 Å². The van der Waals surface area contributed by atoms with Gasteiger partial charge in [-0.15, -0.1) is 0 Å². The lowest BCUT2D eigenvalue weighted by Crippen LogP contribution is -2.09. The fourth-order valence-electron chi connectivity index (χ4n) is 2.32. The maximum absolute atomic E-state index is 10.5. The molecule has 0 aliphatic rings. The van der Waals surface area contributed by atoms with E-state index >= 15 is 0 Å². The number of para-hydroxylation sites is 1. The highest BCUT2D eigenvalue weighted by Crippen LogP contribution is 2.25. The topological polar surface area (TPSA) is 70.9 Å². The molecule has 0 saturated heterocycles. The first kappa shape index (κ1) is 18.5. The molecule has 3 rings (SSSR count). The molecule has 3 aromatic carbocycles. The van der Waals surface area contributed by atoms with Crippen LogP contribution in [0.1, 0.15) is 5.56 Å². The number of carboxylic acid groups (broad SMARTS) is 1. The Kier molecular flexibility index (Phi) is 6.07. The van der Waals surface area contributed by atoms with Gasteiger partial charge in [-0.3, -0.25) is 4.99 Å². The van der Waals surface area contributed by atoms with Crippen molar-refractivity contribution in [1.82, 2.24) is 0 Å². The van der Waals surface area contributed by atoms with Crippen molar-refractivity contribution in [2.45, 2.75) is 0 Å². The van der Waals surface area contributed by atoms with E-state index in [0.717, 1.165) is 22.6 Å². The average molecular weight is 381 g/mol. The number of benzene rings is 3. The molecule has 0 saturated carbocycles. The van der Waals surface area contributed by atoms with Crippen molar-refractivity contribution in [1.29, 1.82) is 0 Å². The summed E-state index contributed by atoms with van der Waals surface area (Å²) in [5.74, 6) is -0.727. The minimum atomic E-state index is -1.05. The largest absolute Gasteiger partial charge is 0.480 e. The minimum absolute atomic E-state index is 0.326. The van der Waals surface area contributed by atoms with Crippen molar-refractivity contribution in [2.75, 3.05) is 11.9 Å². The van der Waals surface area contributed by atoms with Gasteiger partial charge in [0.25, 0.3) is 0 Å². The van der Waals surface area contributed by atoms with Gasteiger partial charge in [0.1, 0.15) is 5.75 Å². The average Bonchev–Trinajstić information content (AvgIpc) is 2.67. The zero-order valence-corrected chi connectivity index (χ0v) is 15.1. The summed E-state index contributed by atoms with van der Waals surface area (Å²) in [5, 5.41) is 12.3. The molecule has 0 aliphatic carbocycles. The number of carbonyl (C=O) groups is 1. The molecule has 0 unspecified atom stereocenters. The number of aliphatic imine (C=N–C) groups is 1. The normalized spacial score (nSPS) is 10.7. The molecule has 2 N–H and O–H groups in total. The van der Waals surface area contributed by atoms with Crippen LogP contribution in [-0.2, 0) is 4.79 Å². The lowest BCUT2D eigenvalue weighted by molar-refractivity contribution is -0.139. The second kappa shape index (κ2) is 8.87. The van der Waals surface area contributed by atoms with E-state index in [1.54, 1.807) is 24.4 Å². The van der Waals surface area contributed by atoms with Crippen LogP contribution in [0.3, 0.4) is 0 Å². The lowest BCUT2D eigenvalue weighted by Gasteiger charge is -2.06. The van der Waals surface area contributed by atoms with Gasteiger partial charge >= 0.3 is 5.97 Å². The van der Waals surface area contributed by atoms with Crippen LogP contribution in [0.15, 0.2) is 77.8 Å². The fraction of sp³-hybridized carbons (Fsp3) is 0.0476. The van der Waals surface area contributed by atoms with Crippen LogP contribution in [0.2, 0.25) is 5.02 Å². The van der Waals surface area contributed by atoms with E-state index < -0.39 is 12.6 Å². The predicted octanol–water partition coefficient (Wildman–Crippen LogP) is 5.30. The highest BCUT2D eigenvalue weighted by atomic mass is 35.5. The Morgan fingerprint density at radius 3 is 2.41 bits per heavy atom. The summed E-state index contributed by atoms with van der Waals surface area (Å²) in [6.07, 6.45) is 1.69. The van der Waals surface area contributed by atoms with E-state index in [2.05, 4.69) is 10.3 Å². The van der Waals surface area contributed by atoms with Gasteiger partial charge in [-0.25, -0.2) is 4.79 Å². The molecule has 6 heteroatoms. The Morgan fingerprint density at radius 1 is 1.04 bits per heavy atom. The first-order valence-electron chi connectivity index (χ1n) is 8.20. The molecular formula is C21H17ClN2O3. The Balaban J connectivity index is 1.63. The molecule has 0 aromatic heterocycles. The summed E-state index contributed by atoms with van der Waals surface area (Å²) in [6.45, 7) is -0.434. The Labute approximate surface area is 161 Å².